The van der Waals surface area contributed by atoms with Crippen molar-refractivity contribution >= 4 is 0 Å². The Morgan fingerprint density at radius 1 is 1.24 bits per heavy atom. The summed E-state index contributed by atoms with van der Waals surface area (Å²) in [5.74, 6) is 0. The molecule has 0 saturated heterocycles. The van der Waals surface area contributed by atoms with E-state index in [1.807, 2.05) is 6.07 Å². The van der Waals surface area contributed by atoms with Crippen LogP contribution in [0.2, 0.25) is 0 Å². The Labute approximate surface area is 104 Å². The first-order valence-electron chi connectivity index (χ1n) is 6.24. The average Bonchev–Trinajstić information content (AvgIpc) is 2.35. The highest BCUT2D eigenvalue weighted by atomic mass is 16.5. The summed E-state index contributed by atoms with van der Waals surface area (Å²) in [6, 6.07) is 10.5. The zero-order valence-electron chi connectivity index (χ0n) is 10.6. The Bertz CT molecular complexity index is 277. The second-order valence-corrected chi connectivity index (χ2v) is 4.24. The van der Waals surface area contributed by atoms with Crippen molar-refractivity contribution in [3.63, 3.8) is 0 Å². The lowest BCUT2D eigenvalue weighted by atomic mass is 10.1. The van der Waals surface area contributed by atoms with Crippen LogP contribution in [0.25, 0.3) is 0 Å². The van der Waals surface area contributed by atoms with Gasteiger partial charge in [-0.25, -0.2) is 0 Å². The lowest BCUT2D eigenvalue weighted by molar-refractivity contribution is 0.0595. The van der Waals surface area contributed by atoms with E-state index in [4.69, 9.17) is 4.74 Å². The van der Waals surface area contributed by atoms with Gasteiger partial charge in [0, 0.05) is 7.11 Å². The van der Waals surface area contributed by atoms with Crippen LogP contribution in [0.3, 0.4) is 0 Å². The lowest BCUT2D eigenvalue weighted by Crippen LogP contribution is -2.24. The van der Waals surface area contributed by atoms with Crippen LogP contribution in [-0.4, -0.2) is 38.0 Å². The first kappa shape index (κ1) is 14.2. The van der Waals surface area contributed by atoms with E-state index < -0.39 is 0 Å². The van der Waals surface area contributed by atoms with Gasteiger partial charge in [-0.15, -0.1) is 0 Å². The fourth-order valence-corrected chi connectivity index (χ4v) is 1.73. The summed E-state index contributed by atoms with van der Waals surface area (Å²) in [6.07, 6.45) is 2.64. The van der Waals surface area contributed by atoms with E-state index in [0.717, 1.165) is 32.4 Å². The molecule has 0 bridgehead atoms. The van der Waals surface area contributed by atoms with E-state index in [1.54, 1.807) is 7.11 Å². The molecular formula is C14H23NO2. The SMILES string of the molecule is COCC(O)CCNCCCc1ccccc1. The molecule has 3 nitrogen and oxygen atoms in total. The maximum Gasteiger partial charge on any atom is 0.0785 e. The van der Waals surface area contributed by atoms with Gasteiger partial charge in [0.2, 0.25) is 0 Å². The van der Waals surface area contributed by atoms with Crippen LogP contribution >= 0.6 is 0 Å². The van der Waals surface area contributed by atoms with Crippen molar-refractivity contribution in [1.29, 1.82) is 0 Å². The van der Waals surface area contributed by atoms with Crippen molar-refractivity contribution in [3.05, 3.63) is 35.9 Å². The smallest absolute Gasteiger partial charge is 0.0785 e. The summed E-state index contributed by atoms with van der Waals surface area (Å²) < 4.78 is 4.86. The monoisotopic (exact) mass is 237 g/mol. The summed E-state index contributed by atoms with van der Waals surface area (Å²) in [7, 11) is 1.61. The second kappa shape index (κ2) is 9.16. The van der Waals surface area contributed by atoms with Crippen LogP contribution in [0.15, 0.2) is 30.3 Å². The van der Waals surface area contributed by atoms with E-state index in [2.05, 4.69) is 29.6 Å². The number of aliphatic hydroxyl groups excluding tert-OH is 1. The van der Waals surface area contributed by atoms with E-state index in [9.17, 15) is 5.11 Å². The Hall–Kier alpha value is -0.900. The number of hydrogen-bond donors (Lipinski definition) is 2. The zero-order valence-corrected chi connectivity index (χ0v) is 10.6. The first-order valence-corrected chi connectivity index (χ1v) is 6.24. The minimum Gasteiger partial charge on any atom is -0.391 e. The van der Waals surface area contributed by atoms with Gasteiger partial charge < -0.3 is 15.2 Å². The van der Waals surface area contributed by atoms with Crippen LogP contribution in [-0.2, 0) is 11.2 Å². The van der Waals surface area contributed by atoms with Gasteiger partial charge in [-0.3, -0.25) is 0 Å². The van der Waals surface area contributed by atoms with Crippen molar-refractivity contribution in [2.24, 2.45) is 0 Å². The number of nitrogens with one attached hydrogen (secondary N) is 1. The number of rotatable bonds is 9. The van der Waals surface area contributed by atoms with E-state index in [0.29, 0.717) is 6.61 Å². The molecule has 17 heavy (non-hydrogen) atoms. The second-order valence-electron chi connectivity index (χ2n) is 4.24. The molecule has 0 amide bonds. The van der Waals surface area contributed by atoms with Crippen molar-refractivity contribution < 1.29 is 9.84 Å². The highest BCUT2D eigenvalue weighted by Crippen LogP contribution is 2.01. The molecule has 0 heterocycles. The number of ether oxygens (including phenoxy) is 1. The average molecular weight is 237 g/mol. The molecule has 0 saturated carbocycles. The molecule has 1 aromatic carbocycles. The molecule has 96 valence electrons. The van der Waals surface area contributed by atoms with Gasteiger partial charge in [0.15, 0.2) is 0 Å². The summed E-state index contributed by atoms with van der Waals surface area (Å²) in [6.45, 7) is 2.26. The number of methoxy groups -OCH3 is 1. The standard InChI is InChI=1S/C14H23NO2/c1-17-12-14(16)9-11-15-10-5-8-13-6-3-2-4-7-13/h2-4,6-7,14-16H,5,8-12H2,1H3. The Balaban J connectivity index is 1.95. The molecule has 0 radical (unpaired) electrons. The minimum absolute atomic E-state index is 0.346. The predicted octanol–water partition coefficient (Wildman–Crippen LogP) is 1.61. The highest BCUT2D eigenvalue weighted by Gasteiger charge is 2.01. The molecule has 0 aliphatic rings. The van der Waals surface area contributed by atoms with Gasteiger partial charge in [0.25, 0.3) is 0 Å². The van der Waals surface area contributed by atoms with E-state index in [1.165, 1.54) is 5.56 Å². The summed E-state index contributed by atoms with van der Waals surface area (Å²) in [5.41, 5.74) is 1.38. The van der Waals surface area contributed by atoms with Crippen LogP contribution in [0, 0.1) is 0 Å². The molecule has 0 aromatic heterocycles. The number of hydrogen-bond acceptors (Lipinski definition) is 3. The van der Waals surface area contributed by atoms with E-state index >= 15 is 0 Å². The van der Waals surface area contributed by atoms with E-state index in [-0.39, 0.29) is 6.10 Å². The van der Waals surface area contributed by atoms with Crippen molar-refractivity contribution in [1.82, 2.24) is 5.32 Å². The molecule has 2 N–H and O–H groups in total. The fraction of sp³-hybridized carbons (Fsp3) is 0.571. The van der Waals surface area contributed by atoms with Gasteiger partial charge in [0.1, 0.15) is 0 Å². The Morgan fingerprint density at radius 3 is 2.71 bits per heavy atom. The highest BCUT2D eigenvalue weighted by molar-refractivity contribution is 5.14. The number of benzene rings is 1. The summed E-state index contributed by atoms with van der Waals surface area (Å²) in [5, 5.41) is 12.7. The molecule has 1 aromatic rings. The maximum absolute atomic E-state index is 9.42. The van der Waals surface area contributed by atoms with Gasteiger partial charge in [0.05, 0.1) is 12.7 Å². The number of aryl methyl sites for hydroxylation is 1. The molecule has 0 spiro atoms. The molecular weight excluding hydrogens is 214 g/mol. The molecule has 0 fully saturated rings. The van der Waals surface area contributed by atoms with Gasteiger partial charge in [-0.05, 0) is 37.9 Å². The van der Waals surface area contributed by atoms with Crippen molar-refractivity contribution in [3.8, 4) is 0 Å². The Morgan fingerprint density at radius 2 is 2.00 bits per heavy atom. The third-order valence-corrected chi connectivity index (χ3v) is 2.68. The molecule has 1 unspecified atom stereocenters. The van der Waals surface area contributed by atoms with Crippen LogP contribution < -0.4 is 5.32 Å². The third kappa shape index (κ3) is 7.10. The van der Waals surface area contributed by atoms with Crippen molar-refractivity contribution in [2.75, 3.05) is 26.8 Å². The van der Waals surface area contributed by atoms with Gasteiger partial charge in [-0.2, -0.15) is 0 Å². The zero-order chi connectivity index (χ0) is 12.3. The topological polar surface area (TPSA) is 41.5 Å². The molecule has 1 rings (SSSR count). The lowest BCUT2D eigenvalue weighted by Gasteiger charge is -2.09. The molecule has 0 aliphatic heterocycles. The van der Waals surface area contributed by atoms with Gasteiger partial charge >= 0.3 is 0 Å². The first-order chi connectivity index (χ1) is 8.33. The largest absolute Gasteiger partial charge is 0.391 e. The molecule has 0 aliphatic carbocycles. The van der Waals surface area contributed by atoms with Crippen LogP contribution in [0.5, 0.6) is 0 Å². The normalized spacial score (nSPS) is 12.6. The summed E-state index contributed by atoms with van der Waals surface area (Å²) in [4.78, 5) is 0. The predicted molar refractivity (Wildman–Crippen MR) is 70.1 cm³/mol. The Kier molecular flexibility index (Phi) is 7.63. The molecule has 1 atom stereocenters. The maximum atomic E-state index is 9.42. The quantitative estimate of drug-likeness (QED) is 0.641. The summed E-state index contributed by atoms with van der Waals surface area (Å²) >= 11 is 0. The van der Waals surface area contributed by atoms with Crippen molar-refractivity contribution in [2.45, 2.75) is 25.4 Å². The van der Waals surface area contributed by atoms with Crippen LogP contribution in [0.1, 0.15) is 18.4 Å². The molecule has 3 heteroatoms. The third-order valence-electron chi connectivity index (χ3n) is 2.68. The van der Waals surface area contributed by atoms with Gasteiger partial charge in [-0.1, -0.05) is 30.3 Å². The minimum atomic E-state index is -0.346. The number of aliphatic hydroxyl groups is 1. The van der Waals surface area contributed by atoms with Crippen LogP contribution in [0.4, 0.5) is 0 Å². The fourth-order valence-electron chi connectivity index (χ4n) is 1.73.